The predicted octanol–water partition coefficient (Wildman–Crippen LogP) is 1.91. The fourth-order valence-electron chi connectivity index (χ4n) is 1.89. The van der Waals surface area contributed by atoms with Gasteiger partial charge in [0.15, 0.2) is 0 Å². The zero-order chi connectivity index (χ0) is 13.6. The van der Waals surface area contributed by atoms with Crippen molar-refractivity contribution in [1.82, 2.24) is 5.32 Å². The second kappa shape index (κ2) is 6.61. The van der Waals surface area contributed by atoms with Crippen LogP contribution in [0.1, 0.15) is 25.8 Å². The highest BCUT2D eigenvalue weighted by atomic mass is 16.5. The number of ether oxygens (including phenoxy) is 2. The van der Waals surface area contributed by atoms with Crippen LogP contribution in [0.5, 0.6) is 11.5 Å². The summed E-state index contributed by atoms with van der Waals surface area (Å²) in [5.41, 5.74) is 0.426. The van der Waals surface area contributed by atoms with Gasteiger partial charge in [-0.05, 0) is 32.0 Å². The van der Waals surface area contributed by atoms with Gasteiger partial charge in [-0.25, -0.2) is 0 Å². The second-order valence-corrected chi connectivity index (χ2v) is 4.48. The van der Waals surface area contributed by atoms with Gasteiger partial charge in [0.2, 0.25) is 0 Å². The third kappa shape index (κ3) is 3.15. The first-order valence-corrected chi connectivity index (χ1v) is 6.19. The number of hydrogen-bond donors (Lipinski definition) is 2. The maximum absolute atomic E-state index is 9.66. The number of rotatable bonds is 7. The molecule has 0 aliphatic carbocycles. The number of methoxy groups -OCH3 is 2. The van der Waals surface area contributed by atoms with E-state index in [0.717, 1.165) is 30.0 Å². The van der Waals surface area contributed by atoms with E-state index in [1.54, 1.807) is 14.2 Å². The van der Waals surface area contributed by atoms with Crippen molar-refractivity contribution < 1.29 is 14.6 Å². The Morgan fingerprint density at radius 3 is 2.50 bits per heavy atom. The Morgan fingerprint density at radius 2 is 2.00 bits per heavy atom. The van der Waals surface area contributed by atoms with Crippen molar-refractivity contribution in [1.29, 1.82) is 0 Å². The SMILES string of the molecule is CCCNC(C)(CO)c1ccc(OC)cc1OC. The Morgan fingerprint density at radius 1 is 1.28 bits per heavy atom. The summed E-state index contributed by atoms with van der Waals surface area (Å²) in [5.74, 6) is 1.46. The van der Waals surface area contributed by atoms with E-state index >= 15 is 0 Å². The van der Waals surface area contributed by atoms with E-state index < -0.39 is 5.54 Å². The first-order chi connectivity index (χ1) is 8.61. The van der Waals surface area contributed by atoms with Crippen molar-refractivity contribution in [3.8, 4) is 11.5 Å². The minimum Gasteiger partial charge on any atom is -0.497 e. The topological polar surface area (TPSA) is 50.7 Å². The average molecular weight is 253 g/mol. The van der Waals surface area contributed by atoms with Gasteiger partial charge in [0, 0.05) is 11.6 Å². The van der Waals surface area contributed by atoms with Gasteiger partial charge >= 0.3 is 0 Å². The normalized spacial score (nSPS) is 14.1. The van der Waals surface area contributed by atoms with Gasteiger partial charge in [0.25, 0.3) is 0 Å². The van der Waals surface area contributed by atoms with Crippen LogP contribution in [0, 0.1) is 0 Å². The summed E-state index contributed by atoms with van der Waals surface area (Å²) < 4.78 is 10.6. The van der Waals surface area contributed by atoms with Crippen LogP contribution < -0.4 is 14.8 Å². The van der Waals surface area contributed by atoms with Crippen LogP contribution in [0.25, 0.3) is 0 Å². The molecule has 0 saturated carbocycles. The molecule has 1 rings (SSSR count). The zero-order valence-corrected chi connectivity index (χ0v) is 11.6. The molecule has 0 radical (unpaired) electrons. The molecular weight excluding hydrogens is 230 g/mol. The smallest absolute Gasteiger partial charge is 0.127 e. The molecule has 1 aromatic carbocycles. The molecule has 1 atom stereocenters. The minimum absolute atomic E-state index is 0.00961. The van der Waals surface area contributed by atoms with E-state index in [0.29, 0.717) is 0 Å². The predicted molar refractivity (Wildman–Crippen MR) is 72.3 cm³/mol. The highest BCUT2D eigenvalue weighted by Gasteiger charge is 2.28. The van der Waals surface area contributed by atoms with Gasteiger partial charge in [0.05, 0.1) is 26.4 Å². The summed E-state index contributed by atoms with van der Waals surface area (Å²) in [6.07, 6.45) is 1.01. The first-order valence-electron chi connectivity index (χ1n) is 6.19. The lowest BCUT2D eigenvalue weighted by Gasteiger charge is -2.31. The summed E-state index contributed by atoms with van der Waals surface area (Å²) in [7, 11) is 3.24. The zero-order valence-electron chi connectivity index (χ0n) is 11.6. The van der Waals surface area contributed by atoms with Crippen LogP contribution in [0.4, 0.5) is 0 Å². The Labute approximate surface area is 109 Å². The Hall–Kier alpha value is -1.26. The maximum Gasteiger partial charge on any atom is 0.127 e. The molecule has 18 heavy (non-hydrogen) atoms. The molecule has 0 spiro atoms. The van der Waals surface area contributed by atoms with E-state index in [2.05, 4.69) is 12.2 Å². The van der Waals surface area contributed by atoms with Crippen molar-refractivity contribution in [2.45, 2.75) is 25.8 Å². The summed E-state index contributed by atoms with van der Waals surface area (Å²) in [5, 5.41) is 13.0. The molecular formula is C14H23NO3. The number of aliphatic hydroxyl groups is 1. The minimum atomic E-state index is -0.506. The highest BCUT2D eigenvalue weighted by molar-refractivity contribution is 5.44. The third-order valence-electron chi connectivity index (χ3n) is 3.08. The first kappa shape index (κ1) is 14.8. The fraction of sp³-hybridized carbons (Fsp3) is 0.571. The molecule has 1 aromatic rings. The van der Waals surface area contributed by atoms with Crippen LogP contribution in [-0.4, -0.2) is 32.5 Å². The van der Waals surface area contributed by atoms with Gasteiger partial charge in [0.1, 0.15) is 11.5 Å². The van der Waals surface area contributed by atoms with Gasteiger partial charge < -0.3 is 19.9 Å². The van der Waals surface area contributed by atoms with E-state index in [-0.39, 0.29) is 6.61 Å². The van der Waals surface area contributed by atoms with Crippen LogP contribution in [0.15, 0.2) is 18.2 Å². The van der Waals surface area contributed by atoms with E-state index in [4.69, 9.17) is 9.47 Å². The standard InChI is InChI=1S/C14H23NO3/c1-5-8-15-14(2,10-16)12-7-6-11(17-3)9-13(12)18-4/h6-7,9,15-16H,5,8,10H2,1-4H3. The highest BCUT2D eigenvalue weighted by Crippen LogP contribution is 2.32. The quantitative estimate of drug-likeness (QED) is 0.779. The fourth-order valence-corrected chi connectivity index (χ4v) is 1.89. The summed E-state index contributed by atoms with van der Waals surface area (Å²) in [4.78, 5) is 0. The van der Waals surface area contributed by atoms with Crippen molar-refractivity contribution >= 4 is 0 Å². The molecule has 0 fully saturated rings. The van der Waals surface area contributed by atoms with Crippen molar-refractivity contribution in [3.05, 3.63) is 23.8 Å². The molecule has 0 saturated heterocycles. The van der Waals surface area contributed by atoms with Crippen LogP contribution in [-0.2, 0) is 5.54 Å². The van der Waals surface area contributed by atoms with Crippen molar-refractivity contribution in [2.24, 2.45) is 0 Å². The molecule has 1 unspecified atom stereocenters. The van der Waals surface area contributed by atoms with Crippen LogP contribution >= 0.6 is 0 Å². The molecule has 0 amide bonds. The number of benzene rings is 1. The van der Waals surface area contributed by atoms with Crippen molar-refractivity contribution in [2.75, 3.05) is 27.4 Å². The molecule has 0 aliphatic heterocycles. The van der Waals surface area contributed by atoms with E-state index in [1.807, 2.05) is 25.1 Å². The monoisotopic (exact) mass is 253 g/mol. The largest absolute Gasteiger partial charge is 0.497 e. The number of hydrogen-bond acceptors (Lipinski definition) is 4. The van der Waals surface area contributed by atoms with Gasteiger partial charge in [-0.3, -0.25) is 0 Å². The summed E-state index contributed by atoms with van der Waals surface area (Å²) in [6.45, 7) is 4.91. The molecule has 2 N–H and O–H groups in total. The molecule has 0 heterocycles. The van der Waals surface area contributed by atoms with Gasteiger partial charge in [-0.15, -0.1) is 0 Å². The molecule has 4 heteroatoms. The third-order valence-corrected chi connectivity index (χ3v) is 3.08. The average Bonchev–Trinajstić information content (AvgIpc) is 2.43. The Kier molecular flexibility index (Phi) is 5.44. The lowest BCUT2D eigenvalue weighted by molar-refractivity contribution is 0.172. The van der Waals surface area contributed by atoms with Crippen LogP contribution in [0.3, 0.4) is 0 Å². The summed E-state index contributed by atoms with van der Waals surface area (Å²) in [6, 6.07) is 5.63. The molecule has 4 nitrogen and oxygen atoms in total. The summed E-state index contributed by atoms with van der Waals surface area (Å²) >= 11 is 0. The molecule has 0 aliphatic rings. The molecule has 0 bridgehead atoms. The number of aliphatic hydroxyl groups excluding tert-OH is 1. The molecule has 0 aromatic heterocycles. The Balaban J connectivity index is 3.11. The maximum atomic E-state index is 9.66. The number of nitrogens with one attached hydrogen (secondary N) is 1. The lowest BCUT2D eigenvalue weighted by atomic mass is 9.91. The van der Waals surface area contributed by atoms with Gasteiger partial charge in [-0.1, -0.05) is 6.92 Å². The van der Waals surface area contributed by atoms with E-state index in [1.165, 1.54) is 0 Å². The van der Waals surface area contributed by atoms with Crippen LogP contribution in [0.2, 0.25) is 0 Å². The van der Waals surface area contributed by atoms with Crippen molar-refractivity contribution in [3.63, 3.8) is 0 Å². The second-order valence-electron chi connectivity index (χ2n) is 4.48. The Bertz CT molecular complexity index is 381. The lowest BCUT2D eigenvalue weighted by Crippen LogP contribution is -2.43. The van der Waals surface area contributed by atoms with E-state index in [9.17, 15) is 5.11 Å². The van der Waals surface area contributed by atoms with Gasteiger partial charge in [-0.2, -0.15) is 0 Å². The molecule has 102 valence electrons.